The van der Waals surface area contributed by atoms with Gasteiger partial charge in [0, 0.05) is 30.7 Å². The number of piperazine rings is 1. The number of hydrogen-bond acceptors (Lipinski definition) is 3. The van der Waals surface area contributed by atoms with Crippen molar-refractivity contribution in [3.05, 3.63) is 28.2 Å². The quantitative estimate of drug-likeness (QED) is 0.779. The van der Waals surface area contributed by atoms with Crippen LogP contribution in [-0.4, -0.2) is 54.9 Å². The fourth-order valence-electron chi connectivity index (χ4n) is 2.02. The largest absolute Gasteiger partial charge is 0.484 e. The van der Waals surface area contributed by atoms with Crippen LogP contribution in [0.5, 0.6) is 5.75 Å². The number of aryl methyl sites for hydroxylation is 1. The van der Waals surface area contributed by atoms with Crippen LogP contribution in [-0.2, 0) is 9.59 Å². The summed E-state index contributed by atoms with van der Waals surface area (Å²) >= 11 is 3.42. The van der Waals surface area contributed by atoms with E-state index in [0.29, 0.717) is 31.9 Å². The second-order valence-electron chi connectivity index (χ2n) is 4.72. The minimum Gasteiger partial charge on any atom is -0.484 e. The number of ether oxygens (including phenoxy) is 1. The van der Waals surface area contributed by atoms with Crippen LogP contribution in [0.1, 0.15) is 5.56 Å². The highest BCUT2D eigenvalue weighted by Gasteiger charge is 2.20. The number of carbonyl (C=O) groups excluding carboxylic acids is 2. The molecule has 5 nitrogen and oxygen atoms in total. The lowest BCUT2D eigenvalue weighted by Crippen LogP contribution is -2.49. The van der Waals surface area contributed by atoms with Crippen molar-refractivity contribution in [1.29, 1.82) is 0 Å². The molecule has 0 unspecified atom stereocenters. The Hall–Kier alpha value is -1.56. The molecule has 1 fully saturated rings. The Morgan fingerprint density at radius 1 is 1.35 bits per heavy atom. The molecule has 2 rings (SSSR count). The third-order valence-electron chi connectivity index (χ3n) is 3.31. The van der Waals surface area contributed by atoms with Crippen molar-refractivity contribution in [2.45, 2.75) is 6.92 Å². The summed E-state index contributed by atoms with van der Waals surface area (Å²) < 4.78 is 6.53. The van der Waals surface area contributed by atoms with Gasteiger partial charge in [0.15, 0.2) is 6.61 Å². The molecule has 0 aliphatic carbocycles. The summed E-state index contributed by atoms with van der Waals surface area (Å²) in [5, 5.41) is 0. The Morgan fingerprint density at radius 3 is 2.65 bits per heavy atom. The Balaban J connectivity index is 1.83. The number of nitrogens with zero attached hydrogens (tertiary/aromatic N) is 2. The summed E-state index contributed by atoms with van der Waals surface area (Å²) in [4.78, 5) is 26.0. The van der Waals surface area contributed by atoms with Gasteiger partial charge in [-0.25, -0.2) is 0 Å². The number of amides is 2. The van der Waals surface area contributed by atoms with Crippen molar-refractivity contribution in [3.63, 3.8) is 0 Å². The molecule has 0 aromatic heterocycles. The average molecular weight is 341 g/mol. The predicted octanol–water partition coefficient (Wildman–Crippen LogP) is 1.44. The highest BCUT2D eigenvalue weighted by molar-refractivity contribution is 9.10. The zero-order chi connectivity index (χ0) is 14.5. The molecule has 108 valence electrons. The molecule has 0 bridgehead atoms. The Labute approximate surface area is 126 Å². The van der Waals surface area contributed by atoms with Crippen molar-refractivity contribution in [2.24, 2.45) is 0 Å². The highest BCUT2D eigenvalue weighted by Crippen LogP contribution is 2.21. The molecule has 0 saturated carbocycles. The molecule has 1 aliphatic rings. The summed E-state index contributed by atoms with van der Waals surface area (Å²) in [7, 11) is 0. The summed E-state index contributed by atoms with van der Waals surface area (Å²) in [6, 6.07) is 5.62. The Bertz CT molecular complexity index is 499. The third-order valence-corrected chi connectivity index (χ3v) is 4.20. The van der Waals surface area contributed by atoms with Gasteiger partial charge in [0.1, 0.15) is 5.75 Å². The van der Waals surface area contributed by atoms with Crippen LogP contribution in [0.3, 0.4) is 0 Å². The van der Waals surface area contributed by atoms with Crippen LogP contribution in [0.15, 0.2) is 22.7 Å². The van der Waals surface area contributed by atoms with Crippen LogP contribution >= 0.6 is 15.9 Å². The van der Waals surface area contributed by atoms with Crippen LogP contribution in [0.4, 0.5) is 0 Å². The van der Waals surface area contributed by atoms with Crippen molar-refractivity contribution in [2.75, 3.05) is 32.8 Å². The van der Waals surface area contributed by atoms with E-state index in [0.717, 1.165) is 16.4 Å². The summed E-state index contributed by atoms with van der Waals surface area (Å²) in [6.07, 6.45) is 0.822. The topological polar surface area (TPSA) is 49.9 Å². The number of carbonyl (C=O) groups is 2. The lowest BCUT2D eigenvalue weighted by molar-refractivity contribution is -0.137. The number of hydrogen-bond donors (Lipinski definition) is 0. The van der Waals surface area contributed by atoms with E-state index in [1.165, 1.54) is 0 Å². The molecule has 20 heavy (non-hydrogen) atoms. The van der Waals surface area contributed by atoms with Gasteiger partial charge >= 0.3 is 0 Å². The van der Waals surface area contributed by atoms with Crippen LogP contribution in [0.2, 0.25) is 0 Å². The molecule has 0 radical (unpaired) electrons. The van der Waals surface area contributed by atoms with Crippen molar-refractivity contribution in [1.82, 2.24) is 9.80 Å². The normalized spacial score (nSPS) is 15.1. The predicted molar refractivity (Wildman–Crippen MR) is 78.6 cm³/mol. The molecule has 0 spiro atoms. The van der Waals surface area contributed by atoms with Crippen LogP contribution in [0, 0.1) is 6.92 Å². The first-order chi connectivity index (χ1) is 9.60. The molecule has 0 N–H and O–H groups in total. The SMILES string of the molecule is Cc1cc(OCC(=O)N2CCN(C=O)CC2)ccc1Br. The van der Waals surface area contributed by atoms with E-state index in [4.69, 9.17) is 4.74 Å². The molecule has 1 aromatic rings. The van der Waals surface area contributed by atoms with Gasteiger partial charge in [-0.1, -0.05) is 15.9 Å². The first-order valence-electron chi connectivity index (χ1n) is 6.46. The molecule has 2 amide bonds. The van der Waals surface area contributed by atoms with Crippen molar-refractivity contribution < 1.29 is 14.3 Å². The maximum absolute atomic E-state index is 12.0. The van der Waals surface area contributed by atoms with Gasteiger partial charge < -0.3 is 14.5 Å². The molecule has 1 heterocycles. The lowest BCUT2D eigenvalue weighted by Gasteiger charge is -2.32. The fourth-order valence-corrected chi connectivity index (χ4v) is 2.27. The molecule has 1 aromatic carbocycles. The van der Waals surface area contributed by atoms with Crippen LogP contribution < -0.4 is 4.74 Å². The maximum Gasteiger partial charge on any atom is 0.260 e. The van der Waals surface area contributed by atoms with Gasteiger partial charge in [-0.05, 0) is 30.7 Å². The molecule has 0 atom stereocenters. The van der Waals surface area contributed by atoms with E-state index in [9.17, 15) is 9.59 Å². The second-order valence-corrected chi connectivity index (χ2v) is 5.58. The summed E-state index contributed by atoms with van der Waals surface area (Å²) in [6.45, 7) is 4.32. The van der Waals surface area contributed by atoms with E-state index in [2.05, 4.69) is 15.9 Å². The summed E-state index contributed by atoms with van der Waals surface area (Å²) in [5.74, 6) is 0.640. The third kappa shape index (κ3) is 3.72. The van der Waals surface area contributed by atoms with Gasteiger partial charge in [0.2, 0.25) is 6.41 Å². The van der Waals surface area contributed by atoms with E-state index >= 15 is 0 Å². The van der Waals surface area contributed by atoms with E-state index < -0.39 is 0 Å². The maximum atomic E-state index is 12.0. The zero-order valence-electron chi connectivity index (χ0n) is 11.3. The zero-order valence-corrected chi connectivity index (χ0v) is 12.9. The van der Waals surface area contributed by atoms with Gasteiger partial charge in [-0.2, -0.15) is 0 Å². The minimum absolute atomic E-state index is 0.0299. The number of benzene rings is 1. The number of halogens is 1. The first-order valence-corrected chi connectivity index (χ1v) is 7.25. The van der Waals surface area contributed by atoms with Crippen LogP contribution in [0.25, 0.3) is 0 Å². The van der Waals surface area contributed by atoms with Gasteiger partial charge in [-0.15, -0.1) is 0 Å². The second kappa shape index (κ2) is 6.74. The molecule has 1 saturated heterocycles. The van der Waals surface area contributed by atoms with E-state index in [1.54, 1.807) is 9.80 Å². The summed E-state index contributed by atoms with van der Waals surface area (Å²) in [5.41, 5.74) is 1.06. The van der Waals surface area contributed by atoms with Crippen molar-refractivity contribution >= 4 is 28.2 Å². The van der Waals surface area contributed by atoms with E-state index in [-0.39, 0.29) is 12.5 Å². The Morgan fingerprint density at radius 2 is 2.05 bits per heavy atom. The molecule has 1 aliphatic heterocycles. The number of rotatable bonds is 4. The fraction of sp³-hybridized carbons (Fsp3) is 0.429. The standard InChI is InChI=1S/C14H17BrN2O3/c1-11-8-12(2-3-13(11)15)20-9-14(19)17-6-4-16(10-18)5-7-17/h2-3,8,10H,4-7,9H2,1H3. The smallest absolute Gasteiger partial charge is 0.260 e. The van der Waals surface area contributed by atoms with E-state index in [1.807, 2.05) is 25.1 Å². The lowest BCUT2D eigenvalue weighted by atomic mass is 10.2. The van der Waals surface area contributed by atoms with Gasteiger partial charge in [-0.3, -0.25) is 9.59 Å². The highest BCUT2D eigenvalue weighted by atomic mass is 79.9. The first kappa shape index (κ1) is 14.8. The Kier molecular flexibility index (Phi) is 5.00. The monoisotopic (exact) mass is 340 g/mol. The molecular formula is C14H17BrN2O3. The minimum atomic E-state index is -0.0453. The van der Waals surface area contributed by atoms with Crippen molar-refractivity contribution in [3.8, 4) is 5.75 Å². The average Bonchev–Trinajstić information content (AvgIpc) is 2.48. The molecule has 6 heteroatoms. The van der Waals surface area contributed by atoms with Gasteiger partial charge in [0.25, 0.3) is 5.91 Å². The molecular weight excluding hydrogens is 324 g/mol. The van der Waals surface area contributed by atoms with Gasteiger partial charge in [0.05, 0.1) is 0 Å².